The molecule has 166 valence electrons. The molecule has 0 heterocycles. The van der Waals surface area contributed by atoms with E-state index in [9.17, 15) is 10.2 Å². The SMILES string of the molecule is CC(C)CCC[C@@H](C)[C@H]1C[C@H](O)[C@H]2C3=C(CC[C@]12C)[C@@]1(C)CC[C@H](O)C[C@@H]1CC3. The summed E-state index contributed by atoms with van der Waals surface area (Å²) in [5.74, 6) is 3.24. The Bertz CT molecular complexity index is 636. The lowest BCUT2D eigenvalue weighted by Crippen LogP contribution is -2.46. The van der Waals surface area contributed by atoms with Gasteiger partial charge in [0.2, 0.25) is 0 Å². The molecule has 0 unspecified atom stereocenters. The Hall–Kier alpha value is -0.340. The number of aliphatic hydroxyl groups excluding tert-OH is 2. The molecule has 4 aliphatic carbocycles. The van der Waals surface area contributed by atoms with E-state index in [0.717, 1.165) is 37.5 Å². The second-order valence-corrected chi connectivity index (χ2v) is 12.3. The van der Waals surface area contributed by atoms with Crippen LogP contribution in [-0.4, -0.2) is 22.4 Å². The van der Waals surface area contributed by atoms with E-state index in [2.05, 4.69) is 34.6 Å². The molecule has 2 nitrogen and oxygen atoms in total. The highest BCUT2D eigenvalue weighted by atomic mass is 16.3. The van der Waals surface area contributed by atoms with Crippen LogP contribution in [0, 0.1) is 40.4 Å². The van der Waals surface area contributed by atoms with Crippen LogP contribution in [0.15, 0.2) is 11.1 Å². The molecule has 0 bridgehead atoms. The first kappa shape index (κ1) is 21.9. The number of hydrogen-bond acceptors (Lipinski definition) is 2. The Morgan fingerprint density at radius 1 is 0.966 bits per heavy atom. The van der Waals surface area contributed by atoms with Crippen LogP contribution < -0.4 is 0 Å². The zero-order valence-electron chi connectivity index (χ0n) is 19.7. The molecule has 0 aliphatic heterocycles. The molecule has 0 amide bonds. The van der Waals surface area contributed by atoms with Gasteiger partial charge in [-0.1, -0.05) is 65.0 Å². The molecule has 0 radical (unpaired) electrons. The number of allylic oxidation sites excluding steroid dienone is 1. The fourth-order valence-corrected chi connectivity index (χ4v) is 8.48. The Balaban J connectivity index is 1.57. The van der Waals surface area contributed by atoms with Gasteiger partial charge in [-0.25, -0.2) is 0 Å². The van der Waals surface area contributed by atoms with E-state index in [-0.39, 0.29) is 23.0 Å². The first-order valence-electron chi connectivity index (χ1n) is 12.8. The fraction of sp³-hybridized carbons (Fsp3) is 0.926. The van der Waals surface area contributed by atoms with Crippen LogP contribution in [0.25, 0.3) is 0 Å². The molecule has 0 spiro atoms. The topological polar surface area (TPSA) is 40.5 Å². The van der Waals surface area contributed by atoms with Gasteiger partial charge in [0.1, 0.15) is 0 Å². The Labute approximate surface area is 179 Å². The number of fused-ring (bicyclic) bond motifs is 4. The molecule has 0 saturated heterocycles. The minimum atomic E-state index is -0.142. The van der Waals surface area contributed by atoms with E-state index in [1.54, 1.807) is 11.1 Å². The van der Waals surface area contributed by atoms with E-state index in [1.165, 1.54) is 44.9 Å². The third-order valence-corrected chi connectivity index (χ3v) is 10.1. The smallest absolute Gasteiger partial charge is 0.0613 e. The van der Waals surface area contributed by atoms with Crippen LogP contribution in [0.4, 0.5) is 0 Å². The van der Waals surface area contributed by atoms with Crippen LogP contribution >= 0.6 is 0 Å². The minimum Gasteiger partial charge on any atom is -0.393 e. The zero-order chi connectivity index (χ0) is 21.0. The lowest BCUT2D eigenvalue weighted by Gasteiger charge is -2.55. The second-order valence-electron chi connectivity index (χ2n) is 12.3. The quantitative estimate of drug-likeness (QED) is 0.515. The van der Waals surface area contributed by atoms with Crippen molar-refractivity contribution in [2.45, 2.75) is 117 Å². The Morgan fingerprint density at radius 2 is 1.72 bits per heavy atom. The third kappa shape index (κ3) is 3.65. The van der Waals surface area contributed by atoms with Gasteiger partial charge < -0.3 is 10.2 Å². The fourth-order valence-electron chi connectivity index (χ4n) is 8.48. The van der Waals surface area contributed by atoms with E-state index >= 15 is 0 Å². The van der Waals surface area contributed by atoms with E-state index in [1.807, 2.05) is 0 Å². The second kappa shape index (κ2) is 7.97. The van der Waals surface area contributed by atoms with Crippen molar-refractivity contribution < 1.29 is 10.2 Å². The van der Waals surface area contributed by atoms with E-state index in [4.69, 9.17) is 0 Å². The summed E-state index contributed by atoms with van der Waals surface area (Å²) >= 11 is 0. The van der Waals surface area contributed by atoms with Crippen LogP contribution in [-0.2, 0) is 0 Å². The molecule has 0 aromatic rings. The maximum atomic E-state index is 11.3. The molecule has 8 atom stereocenters. The third-order valence-electron chi connectivity index (χ3n) is 10.1. The van der Waals surface area contributed by atoms with Crippen LogP contribution in [0.1, 0.15) is 105 Å². The molecule has 2 saturated carbocycles. The van der Waals surface area contributed by atoms with E-state index in [0.29, 0.717) is 17.8 Å². The van der Waals surface area contributed by atoms with Gasteiger partial charge in [0.05, 0.1) is 12.2 Å². The van der Waals surface area contributed by atoms with Crippen LogP contribution in [0.3, 0.4) is 0 Å². The van der Waals surface area contributed by atoms with Gasteiger partial charge in [0, 0.05) is 5.92 Å². The molecular formula is C27H46O2. The van der Waals surface area contributed by atoms with E-state index < -0.39 is 0 Å². The van der Waals surface area contributed by atoms with Gasteiger partial charge >= 0.3 is 0 Å². The molecule has 4 aliphatic rings. The predicted octanol–water partition coefficient (Wildman–Crippen LogP) is 6.50. The number of rotatable bonds is 5. The summed E-state index contributed by atoms with van der Waals surface area (Å²) in [7, 11) is 0. The Kier molecular flexibility index (Phi) is 6.01. The highest BCUT2D eigenvalue weighted by molar-refractivity contribution is 5.35. The summed E-state index contributed by atoms with van der Waals surface area (Å²) in [5, 5.41) is 21.5. The summed E-state index contributed by atoms with van der Waals surface area (Å²) in [6.45, 7) is 12.2. The van der Waals surface area contributed by atoms with Crippen molar-refractivity contribution in [3.8, 4) is 0 Å². The van der Waals surface area contributed by atoms with Crippen molar-refractivity contribution in [2.24, 2.45) is 40.4 Å². The molecule has 29 heavy (non-hydrogen) atoms. The monoisotopic (exact) mass is 402 g/mol. The van der Waals surface area contributed by atoms with Crippen LogP contribution in [0.5, 0.6) is 0 Å². The zero-order valence-corrected chi connectivity index (χ0v) is 19.7. The number of aliphatic hydroxyl groups is 2. The first-order valence-corrected chi connectivity index (χ1v) is 12.8. The molecule has 2 heteroatoms. The van der Waals surface area contributed by atoms with Crippen molar-refractivity contribution >= 4 is 0 Å². The molecular weight excluding hydrogens is 356 g/mol. The highest BCUT2D eigenvalue weighted by Crippen LogP contribution is 2.66. The normalized spacial score (nSPS) is 45.7. The lowest BCUT2D eigenvalue weighted by molar-refractivity contribution is 0.00658. The maximum Gasteiger partial charge on any atom is 0.0613 e. The van der Waals surface area contributed by atoms with Crippen molar-refractivity contribution in [3.63, 3.8) is 0 Å². The largest absolute Gasteiger partial charge is 0.393 e. The number of hydrogen-bond donors (Lipinski definition) is 2. The first-order chi connectivity index (χ1) is 13.7. The molecule has 2 N–H and O–H groups in total. The van der Waals surface area contributed by atoms with Gasteiger partial charge in [-0.05, 0) is 85.9 Å². The van der Waals surface area contributed by atoms with Crippen molar-refractivity contribution in [1.82, 2.24) is 0 Å². The average Bonchev–Trinajstić information content (AvgIpc) is 2.93. The van der Waals surface area contributed by atoms with Crippen molar-refractivity contribution in [2.75, 3.05) is 0 Å². The summed E-state index contributed by atoms with van der Waals surface area (Å²) in [4.78, 5) is 0. The lowest BCUT2D eigenvalue weighted by atomic mass is 9.50. The van der Waals surface area contributed by atoms with Gasteiger partial charge in [0.25, 0.3) is 0 Å². The maximum absolute atomic E-state index is 11.3. The summed E-state index contributed by atoms with van der Waals surface area (Å²) in [5.41, 5.74) is 3.95. The summed E-state index contributed by atoms with van der Waals surface area (Å²) < 4.78 is 0. The van der Waals surface area contributed by atoms with Crippen molar-refractivity contribution in [1.29, 1.82) is 0 Å². The van der Waals surface area contributed by atoms with Crippen LogP contribution in [0.2, 0.25) is 0 Å². The average molecular weight is 403 g/mol. The molecule has 4 rings (SSSR count). The predicted molar refractivity (Wildman–Crippen MR) is 121 cm³/mol. The summed E-state index contributed by atoms with van der Waals surface area (Å²) in [6.07, 6.45) is 12.8. The van der Waals surface area contributed by atoms with Gasteiger partial charge in [-0.15, -0.1) is 0 Å². The standard InChI is InChI=1S/C27H46O2/c1-17(2)7-6-8-18(3)23-16-24(29)25-21-10-9-19-15-20(28)11-13-26(19,4)22(21)12-14-27(23,25)5/h17-20,23-25,28-29H,6-16H2,1-5H3/t18-,19+,20+,23-,24+,25-,26+,27-/m1/s1. The Morgan fingerprint density at radius 3 is 2.45 bits per heavy atom. The van der Waals surface area contributed by atoms with Gasteiger partial charge in [-0.2, -0.15) is 0 Å². The highest BCUT2D eigenvalue weighted by Gasteiger charge is 2.58. The van der Waals surface area contributed by atoms with Crippen molar-refractivity contribution in [3.05, 3.63) is 11.1 Å². The summed E-state index contributed by atoms with van der Waals surface area (Å²) in [6, 6.07) is 0. The molecule has 2 fully saturated rings. The molecule has 0 aromatic carbocycles. The van der Waals surface area contributed by atoms with Gasteiger partial charge in [0.15, 0.2) is 0 Å². The minimum absolute atomic E-state index is 0.0859. The van der Waals surface area contributed by atoms with Gasteiger partial charge in [-0.3, -0.25) is 0 Å². The molecule has 0 aromatic heterocycles.